The Balaban J connectivity index is 1.70. The molecule has 0 bridgehead atoms. The summed E-state index contributed by atoms with van der Waals surface area (Å²) in [4.78, 5) is 12.8. The van der Waals surface area contributed by atoms with E-state index in [1.165, 1.54) is 0 Å². The minimum atomic E-state index is -0.112. The van der Waals surface area contributed by atoms with Gasteiger partial charge >= 0.3 is 0 Å². The fourth-order valence-corrected chi connectivity index (χ4v) is 4.51. The van der Waals surface area contributed by atoms with E-state index in [4.69, 9.17) is 21.1 Å². The van der Waals surface area contributed by atoms with Gasteiger partial charge in [-0.25, -0.2) is 0 Å². The van der Waals surface area contributed by atoms with Crippen LogP contribution >= 0.6 is 11.6 Å². The van der Waals surface area contributed by atoms with Gasteiger partial charge in [-0.1, -0.05) is 43.6 Å². The van der Waals surface area contributed by atoms with Gasteiger partial charge < -0.3 is 14.8 Å². The molecular formula is C22H32ClNO3. The van der Waals surface area contributed by atoms with Crippen molar-refractivity contribution >= 4 is 17.5 Å². The monoisotopic (exact) mass is 393 g/mol. The number of nitrogens with one attached hydrogen (secondary N) is 1. The molecule has 5 heteroatoms. The Kier molecular flexibility index (Phi) is 7.18. The van der Waals surface area contributed by atoms with Crippen molar-refractivity contribution < 1.29 is 14.3 Å². The molecule has 0 unspecified atom stereocenters. The molecule has 2 aliphatic heterocycles. The van der Waals surface area contributed by atoms with Gasteiger partial charge in [0.15, 0.2) is 0 Å². The summed E-state index contributed by atoms with van der Waals surface area (Å²) in [6.07, 6.45) is 5.58. The van der Waals surface area contributed by atoms with E-state index in [-0.39, 0.29) is 23.5 Å². The van der Waals surface area contributed by atoms with Crippen molar-refractivity contribution in [1.82, 2.24) is 5.32 Å². The molecule has 1 aromatic rings. The largest absolute Gasteiger partial charge is 0.378 e. The van der Waals surface area contributed by atoms with Gasteiger partial charge in [-0.3, -0.25) is 4.79 Å². The molecule has 27 heavy (non-hydrogen) atoms. The van der Waals surface area contributed by atoms with Crippen LogP contribution in [-0.2, 0) is 20.7 Å². The highest BCUT2D eigenvalue weighted by atomic mass is 35.5. The summed E-state index contributed by atoms with van der Waals surface area (Å²) in [5.41, 5.74) is 1.01. The van der Waals surface area contributed by atoms with Crippen molar-refractivity contribution in [2.75, 3.05) is 19.8 Å². The van der Waals surface area contributed by atoms with Crippen LogP contribution in [0.15, 0.2) is 24.3 Å². The molecule has 0 saturated carbocycles. The predicted molar refractivity (Wildman–Crippen MR) is 108 cm³/mol. The summed E-state index contributed by atoms with van der Waals surface area (Å²) in [5, 5.41) is 3.89. The van der Waals surface area contributed by atoms with Crippen LogP contribution < -0.4 is 5.32 Å². The van der Waals surface area contributed by atoms with Crippen LogP contribution in [0.4, 0.5) is 0 Å². The van der Waals surface area contributed by atoms with Gasteiger partial charge in [0.1, 0.15) is 0 Å². The van der Waals surface area contributed by atoms with Crippen molar-refractivity contribution in [3.05, 3.63) is 34.9 Å². The highest BCUT2D eigenvalue weighted by Crippen LogP contribution is 2.42. The first-order chi connectivity index (χ1) is 13.0. The van der Waals surface area contributed by atoms with Crippen LogP contribution in [0, 0.1) is 11.3 Å². The molecular weight excluding hydrogens is 362 g/mol. The molecule has 0 aromatic heterocycles. The molecule has 2 heterocycles. The van der Waals surface area contributed by atoms with Crippen LogP contribution in [-0.4, -0.2) is 37.9 Å². The third-order valence-electron chi connectivity index (χ3n) is 5.95. The Morgan fingerprint density at radius 1 is 1.30 bits per heavy atom. The molecule has 0 radical (unpaired) electrons. The van der Waals surface area contributed by atoms with Crippen LogP contribution in [0.3, 0.4) is 0 Å². The summed E-state index contributed by atoms with van der Waals surface area (Å²) in [5.74, 6) is 0.549. The highest BCUT2D eigenvalue weighted by Gasteiger charge is 2.40. The first kappa shape index (κ1) is 20.6. The third-order valence-corrected chi connectivity index (χ3v) is 6.32. The predicted octanol–water partition coefficient (Wildman–Crippen LogP) is 4.39. The second kappa shape index (κ2) is 9.40. The summed E-state index contributed by atoms with van der Waals surface area (Å²) in [6.45, 7) is 6.50. The number of carbonyl (C=O) groups excluding carboxylic acids is 1. The van der Waals surface area contributed by atoms with Gasteiger partial charge in [-0.15, -0.1) is 0 Å². The molecule has 0 aliphatic carbocycles. The maximum Gasteiger partial charge on any atom is 0.220 e. The zero-order valence-electron chi connectivity index (χ0n) is 16.5. The first-order valence-corrected chi connectivity index (χ1v) is 10.6. The van der Waals surface area contributed by atoms with Crippen molar-refractivity contribution in [1.29, 1.82) is 0 Å². The van der Waals surface area contributed by atoms with Gasteiger partial charge in [0.2, 0.25) is 5.91 Å². The Bertz CT molecular complexity index is 630. The smallest absolute Gasteiger partial charge is 0.220 e. The lowest BCUT2D eigenvalue weighted by molar-refractivity contribution is -0.128. The number of ether oxygens (including phenoxy) is 2. The zero-order valence-corrected chi connectivity index (χ0v) is 17.3. The quantitative estimate of drug-likeness (QED) is 0.747. The van der Waals surface area contributed by atoms with Gasteiger partial charge in [-0.2, -0.15) is 0 Å². The molecule has 0 spiro atoms. The molecule has 3 rings (SSSR count). The molecule has 2 saturated heterocycles. The molecule has 3 atom stereocenters. The normalized spacial score (nSPS) is 28.4. The van der Waals surface area contributed by atoms with Crippen LogP contribution in [0.2, 0.25) is 5.02 Å². The number of hydrogen-bond acceptors (Lipinski definition) is 3. The van der Waals surface area contributed by atoms with E-state index in [2.05, 4.69) is 25.2 Å². The minimum absolute atomic E-state index is 0.112. The number of hydrogen-bond donors (Lipinski definition) is 1. The fraction of sp³-hybridized carbons (Fsp3) is 0.682. The molecule has 4 nitrogen and oxygen atoms in total. The maximum atomic E-state index is 12.8. The lowest BCUT2D eigenvalue weighted by Crippen LogP contribution is -2.43. The van der Waals surface area contributed by atoms with Crippen LogP contribution in [0.25, 0.3) is 0 Å². The third kappa shape index (κ3) is 5.69. The number of amides is 1. The molecule has 2 aliphatic rings. The van der Waals surface area contributed by atoms with E-state index in [1.54, 1.807) is 0 Å². The van der Waals surface area contributed by atoms with Gasteiger partial charge in [-0.05, 0) is 55.1 Å². The van der Waals surface area contributed by atoms with Gasteiger partial charge in [0.25, 0.3) is 0 Å². The van der Waals surface area contributed by atoms with Gasteiger partial charge in [0.05, 0.1) is 12.2 Å². The van der Waals surface area contributed by atoms with E-state index in [0.717, 1.165) is 49.3 Å². The summed E-state index contributed by atoms with van der Waals surface area (Å²) in [6, 6.07) is 7.98. The molecule has 1 N–H and O–H groups in total. The van der Waals surface area contributed by atoms with Crippen molar-refractivity contribution in [3.8, 4) is 0 Å². The lowest BCUT2D eigenvalue weighted by atomic mass is 9.69. The molecule has 150 valence electrons. The molecule has 1 aromatic carbocycles. The average Bonchev–Trinajstić information content (AvgIpc) is 3.16. The molecule has 2 fully saturated rings. The van der Waals surface area contributed by atoms with E-state index >= 15 is 0 Å². The summed E-state index contributed by atoms with van der Waals surface area (Å²) in [7, 11) is 0. The Labute approximate surface area is 168 Å². The Hall–Kier alpha value is -1.10. The fourth-order valence-electron chi connectivity index (χ4n) is 4.31. The second-order valence-electron chi connectivity index (χ2n) is 8.49. The topological polar surface area (TPSA) is 47.6 Å². The number of benzene rings is 1. The van der Waals surface area contributed by atoms with E-state index in [1.807, 2.05) is 18.2 Å². The van der Waals surface area contributed by atoms with E-state index in [9.17, 15) is 4.79 Å². The number of carbonyl (C=O) groups is 1. The maximum absolute atomic E-state index is 12.8. The highest BCUT2D eigenvalue weighted by molar-refractivity contribution is 6.31. The summed E-state index contributed by atoms with van der Waals surface area (Å²) < 4.78 is 11.6. The van der Waals surface area contributed by atoms with Gasteiger partial charge in [0, 0.05) is 31.2 Å². The average molecular weight is 394 g/mol. The standard InChI is InChI=1S/C22H32ClNO3/c1-16(2)20-13-22(9-11-27-20,12-17-6-3-4-8-19(17)23)14-21(25)24-15-18-7-5-10-26-18/h3-4,6,8,16,18,20H,5,7,9-15H2,1-2H3,(H,24,25)/t18-,20+,22+/m0/s1. The SMILES string of the molecule is CC(C)[C@H]1C[C@](CC(=O)NC[C@@H]2CCCO2)(Cc2ccccc2Cl)CCO1. The van der Waals surface area contributed by atoms with E-state index in [0.29, 0.717) is 25.5 Å². The zero-order chi connectivity index (χ0) is 19.3. The van der Waals surface area contributed by atoms with E-state index < -0.39 is 0 Å². The summed E-state index contributed by atoms with van der Waals surface area (Å²) >= 11 is 6.44. The number of rotatable bonds is 7. The lowest BCUT2D eigenvalue weighted by Gasteiger charge is -2.42. The second-order valence-corrected chi connectivity index (χ2v) is 8.90. The first-order valence-electron chi connectivity index (χ1n) is 10.2. The minimum Gasteiger partial charge on any atom is -0.378 e. The van der Waals surface area contributed by atoms with Crippen LogP contribution in [0.5, 0.6) is 0 Å². The Morgan fingerprint density at radius 2 is 2.11 bits per heavy atom. The molecule has 1 amide bonds. The van der Waals surface area contributed by atoms with Crippen molar-refractivity contribution in [2.45, 2.75) is 64.6 Å². The Morgan fingerprint density at radius 3 is 2.81 bits per heavy atom. The van der Waals surface area contributed by atoms with Crippen molar-refractivity contribution in [3.63, 3.8) is 0 Å². The van der Waals surface area contributed by atoms with Crippen LogP contribution in [0.1, 0.15) is 51.5 Å². The number of halogens is 1. The van der Waals surface area contributed by atoms with Crippen molar-refractivity contribution in [2.24, 2.45) is 11.3 Å².